The van der Waals surface area contributed by atoms with Gasteiger partial charge < -0.3 is 4.74 Å². The fraction of sp³-hybridized carbons (Fsp3) is 0.333. The smallest absolute Gasteiger partial charge is 0.410 e. The SMILES string of the molecule is COC(=O)N1C(C)C(=O)[C@H]1c1ccccc1Cl. The van der Waals surface area contributed by atoms with Crippen LogP contribution in [0.3, 0.4) is 0 Å². The number of hydrogen-bond donors (Lipinski definition) is 0. The van der Waals surface area contributed by atoms with Crippen LogP contribution in [0.5, 0.6) is 0 Å². The van der Waals surface area contributed by atoms with E-state index in [1.165, 1.54) is 12.0 Å². The van der Waals surface area contributed by atoms with E-state index in [1.807, 2.05) is 0 Å². The molecule has 17 heavy (non-hydrogen) atoms. The Hall–Kier alpha value is -1.55. The highest BCUT2D eigenvalue weighted by Gasteiger charge is 2.49. The van der Waals surface area contributed by atoms with E-state index in [-0.39, 0.29) is 5.78 Å². The van der Waals surface area contributed by atoms with Crippen LogP contribution in [0.1, 0.15) is 18.5 Å². The number of methoxy groups -OCH3 is 1. The van der Waals surface area contributed by atoms with E-state index in [1.54, 1.807) is 31.2 Å². The van der Waals surface area contributed by atoms with Gasteiger partial charge in [0.2, 0.25) is 0 Å². The maximum absolute atomic E-state index is 11.8. The van der Waals surface area contributed by atoms with E-state index >= 15 is 0 Å². The molecule has 0 bridgehead atoms. The van der Waals surface area contributed by atoms with Crippen molar-refractivity contribution in [1.29, 1.82) is 0 Å². The predicted octanol–water partition coefficient (Wildman–Crippen LogP) is 2.42. The molecule has 0 radical (unpaired) electrons. The first-order valence-corrected chi connectivity index (χ1v) is 5.60. The summed E-state index contributed by atoms with van der Waals surface area (Å²) >= 11 is 6.03. The summed E-state index contributed by atoms with van der Waals surface area (Å²) in [5.74, 6) is -0.0245. The summed E-state index contributed by atoms with van der Waals surface area (Å²) in [4.78, 5) is 24.8. The van der Waals surface area contributed by atoms with E-state index in [0.29, 0.717) is 10.6 Å². The molecule has 0 aromatic heterocycles. The molecule has 0 spiro atoms. The molecule has 2 rings (SSSR count). The molecule has 0 aliphatic carbocycles. The second-order valence-electron chi connectivity index (χ2n) is 3.88. The van der Waals surface area contributed by atoms with Gasteiger partial charge in [-0.05, 0) is 13.0 Å². The number of rotatable bonds is 1. The van der Waals surface area contributed by atoms with E-state index in [9.17, 15) is 9.59 Å². The molecule has 5 heteroatoms. The molecule has 1 aliphatic heterocycles. The fourth-order valence-electron chi connectivity index (χ4n) is 2.01. The third-order valence-electron chi connectivity index (χ3n) is 2.96. The lowest BCUT2D eigenvalue weighted by molar-refractivity contribution is -0.141. The number of likely N-dealkylation sites (tertiary alicyclic amines) is 1. The summed E-state index contributed by atoms with van der Waals surface area (Å²) in [6, 6.07) is 5.93. The molecule has 1 aromatic rings. The van der Waals surface area contributed by atoms with Crippen molar-refractivity contribution in [3.63, 3.8) is 0 Å². The van der Waals surface area contributed by atoms with Gasteiger partial charge in [0.15, 0.2) is 5.78 Å². The zero-order chi connectivity index (χ0) is 12.6. The summed E-state index contributed by atoms with van der Waals surface area (Å²) in [7, 11) is 1.29. The van der Waals surface area contributed by atoms with Gasteiger partial charge in [-0.25, -0.2) is 4.79 Å². The lowest BCUT2D eigenvalue weighted by atomic mass is 9.87. The lowest BCUT2D eigenvalue weighted by Crippen LogP contribution is -2.60. The maximum atomic E-state index is 11.8. The molecule has 90 valence electrons. The van der Waals surface area contributed by atoms with Gasteiger partial charge in [-0.1, -0.05) is 29.8 Å². The number of hydrogen-bond acceptors (Lipinski definition) is 3. The van der Waals surface area contributed by atoms with Crippen molar-refractivity contribution >= 4 is 23.5 Å². The Morgan fingerprint density at radius 2 is 2.06 bits per heavy atom. The van der Waals surface area contributed by atoms with Crippen molar-refractivity contribution in [2.45, 2.75) is 19.0 Å². The summed E-state index contributed by atoms with van der Waals surface area (Å²) in [6.07, 6.45) is -0.512. The van der Waals surface area contributed by atoms with E-state index < -0.39 is 18.2 Å². The molecule has 2 atom stereocenters. The Morgan fingerprint density at radius 1 is 1.41 bits per heavy atom. The van der Waals surface area contributed by atoms with Gasteiger partial charge in [0.25, 0.3) is 0 Å². The first-order valence-electron chi connectivity index (χ1n) is 5.22. The second-order valence-corrected chi connectivity index (χ2v) is 4.29. The Balaban J connectivity index is 2.35. The van der Waals surface area contributed by atoms with Crippen LogP contribution < -0.4 is 0 Å². The summed E-state index contributed by atoms with van der Waals surface area (Å²) in [5, 5.41) is 0.478. The molecule has 1 fully saturated rings. The first-order chi connectivity index (χ1) is 8.07. The molecular formula is C12H12ClNO3. The maximum Gasteiger partial charge on any atom is 0.410 e. The van der Waals surface area contributed by atoms with Gasteiger partial charge in [0.1, 0.15) is 6.04 Å². The largest absolute Gasteiger partial charge is 0.453 e. The summed E-state index contributed by atoms with van der Waals surface area (Å²) in [6.45, 7) is 1.67. The van der Waals surface area contributed by atoms with Crippen molar-refractivity contribution in [2.75, 3.05) is 7.11 Å². The van der Waals surface area contributed by atoms with Crippen molar-refractivity contribution in [1.82, 2.24) is 4.90 Å². The minimum atomic E-state index is -0.619. The van der Waals surface area contributed by atoms with Crippen LogP contribution in [-0.2, 0) is 9.53 Å². The van der Waals surface area contributed by atoms with Gasteiger partial charge in [0.05, 0.1) is 13.2 Å². The van der Waals surface area contributed by atoms with Crippen molar-refractivity contribution in [3.8, 4) is 0 Å². The minimum Gasteiger partial charge on any atom is -0.453 e. The van der Waals surface area contributed by atoms with Crippen LogP contribution in [0.4, 0.5) is 4.79 Å². The van der Waals surface area contributed by atoms with E-state index in [2.05, 4.69) is 4.74 Å². The Morgan fingerprint density at radius 3 is 2.65 bits per heavy atom. The Kier molecular flexibility index (Phi) is 3.07. The van der Waals surface area contributed by atoms with Crippen molar-refractivity contribution in [3.05, 3.63) is 34.9 Å². The number of benzene rings is 1. The third kappa shape index (κ3) is 1.78. The third-order valence-corrected chi connectivity index (χ3v) is 3.31. The minimum absolute atomic E-state index is 0.0245. The number of carbonyl (C=O) groups excluding carboxylic acids is 2. The highest BCUT2D eigenvalue weighted by Crippen LogP contribution is 2.38. The highest BCUT2D eigenvalue weighted by atomic mass is 35.5. The second kappa shape index (κ2) is 4.37. The van der Waals surface area contributed by atoms with Crippen LogP contribution in [0.15, 0.2) is 24.3 Å². The zero-order valence-corrected chi connectivity index (χ0v) is 10.3. The van der Waals surface area contributed by atoms with Gasteiger partial charge in [-0.15, -0.1) is 0 Å². The number of carbonyl (C=O) groups is 2. The number of Topliss-reactive ketones (excluding diaryl/α,β-unsaturated/α-hetero) is 1. The standard InChI is InChI=1S/C12H12ClNO3/c1-7-11(15)10(14(7)12(16)17-2)8-5-3-4-6-9(8)13/h3-7,10H,1-2H3/t7?,10-/m1/s1. The van der Waals surface area contributed by atoms with E-state index in [0.717, 1.165) is 0 Å². The predicted molar refractivity (Wildman–Crippen MR) is 62.9 cm³/mol. The first kappa shape index (κ1) is 11.9. The molecule has 1 saturated heterocycles. The molecule has 1 aliphatic rings. The number of amides is 1. The van der Waals surface area contributed by atoms with Gasteiger partial charge >= 0.3 is 6.09 Å². The van der Waals surface area contributed by atoms with Crippen LogP contribution in [0.2, 0.25) is 5.02 Å². The highest BCUT2D eigenvalue weighted by molar-refractivity contribution is 6.31. The normalized spacial score (nSPS) is 23.2. The Bertz CT molecular complexity index is 475. The molecule has 1 heterocycles. The van der Waals surface area contributed by atoms with Crippen molar-refractivity contribution < 1.29 is 14.3 Å². The average molecular weight is 254 g/mol. The fourth-order valence-corrected chi connectivity index (χ4v) is 2.25. The quantitative estimate of drug-likeness (QED) is 0.772. The molecule has 1 aromatic carbocycles. The molecule has 4 nitrogen and oxygen atoms in total. The van der Waals surface area contributed by atoms with Crippen LogP contribution in [-0.4, -0.2) is 29.9 Å². The van der Waals surface area contributed by atoms with Crippen LogP contribution in [0, 0.1) is 0 Å². The monoisotopic (exact) mass is 253 g/mol. The van der Waals surface area contributed by atoms with Crippen molar-refractivity contribution in [2.24, 2.45) is 0 Å². The zero-order valence-electron chi connectivity index (χ0n) is 9.51. The van der Waals surface area contributed by atoms with Gasteiger partial charge in [-0.3, -0.25) is 9.69 Å². The summed E-state index contributed by atoms with van der Waals surface area (Å²) in [5.41, 5.74) is 0.641. The number of halogens is 1. The van der Waals surface area contributed by atoms with Crippen LogP contribution in [0.25, 0.3) is 0 Å². The molecular weight excluding hydrogens is 242 g/mol. The molecule has 0 saturated carbocycles. The number of ether oxygens (including phenoxy) is 1. The Labute approximate surface area is 104 Å². The average Bonchev–Trinajstić information content (AvgIpc) is 2.35. The van der Waals surface area contributed by atoms with Gasteiger partial charge in [0, 0.05) is 10.6 Å². The van der Waals surface area contributed by atoms with E-state index in [4.69, 9.17) is 11.6 Å². The molecule has 0 N–H and O–H groups in total. The number of nitrogens with zero attached hydrogens (tertiary/aromatic N) is 1. The van der Waals surface area contributed by atoms with Gasteiger partial charge in [-0.2, -0.15) is 0 Å². The molecule has 1 unspecified atom stereocenters. The lowest BCUT2D eigenvalue weighted by Gasteiger charge is -2.44. The summed E-state index contributed by atoms with van der Waals surface area (Å²) < 4.78 is 4.66. The van der Waals surface area contributed by atoms with Crippen LogP contribution >= 0.6 is 11.6 Å². The topological polar surface area (TPSA) is 46.6 Å². The number of ketones is 1. The molecule has 1 amide bonds.